The molecule has 0 radical (unpaired) electrons. The lowest BCUT2D eigenvalue weighted by atomic mass is 10.2. The fourth-order valence-electron chi connectivity index (χ4n) is 2.25. The zero-order valence-electron chi connectivity index (χ0n) is 13.3. The molecular formula is C17H11ClFN3O3S. The topological polar surface area (TPSA) is 85.1 Å². The van der Waals surface area contributed by atoms with Crippen LogP contribution in [0.2, 0.25) is 5.02 Å². The summed E-state index contributed by atoms with van der Waals surface area (Å²) in [5.74, 6) is -1.35. The summed E-state index contributed by atoms with van der Waals surface area (Å²) in [7, 11) is 0. The predicted octanol–water partition coefficient (Wildman–Crippen LogP) is 5.07. The van der Waals surface area contributed by atoms with Gasteiger partial charge in [0.15, 0.2) is 0 Å². The van der Waals surface area contributed by atoms with Crippen molar-refractivity contribution < 1.29 is 14.1 Å². The van der Waals surface area contributed by atoms with Gasteiger partial charge in [0.1, 0.15) is 15.7 Å². The number of halogens is 2. The molecule has 0 aliphatic rings. The first-order valence-electron chi connectivity index (χ1n) is 7.34. The first-order chi connectivity index (χ1) is 12.3. The van der Waals surface area contributed by atoms with Crippen LogP contribution in [0.25, 0.3) is 10.6 Å². The van der Waals surface area contributed by atoms with Crippen molar-refractivity contribution in [2.24, 2.45) is 0 Å². The maximum absolute atomic E-state index is 13.9. The molecule has 1 N–H and O–H groups in total. The average Bonchev–Trinajstić information content (AvgIpc) is 2.98. The molecule has 1 heterocycles. The summed E-state index contributed by atoms with van der Waals surface area (Å²) in [5.41, 5.74) is 0.642. The van der Waals surface area contributed by atoms with Crippen molar-refractivity contribution in [3.63, 3.8) is 0 Å². The molecule has 132 valence electrons. The van der Waals surface area contributed by atoms with Crippen LogP contribution in [0.4, 0.5) is 15.8 Å². The molecule has 9 heteroatoms. The van der Waals surface area contributed by atoms with Gasteiger partial charge < -0.3 is 5.32 Å². The van der Waals surface area contributed by atoms with E-state index in [0.29, 0.717) is 15.7 Å². The molecule has 3 rings (SSSR count). The minimum Gasteiger partial charge on any atom is -0.318 e. The zero-order valence-corrected chi connectivity index (χ0v) is 14.9. The number of carbonyl (C=O) groups excluding carboxylic acids is 1. The number of nitrogens with zero attached hydrogens (tertiary/aromatic N) is 2. The van der Waals surface area contributed by atoms with Crippen LogP contribution in [0.5, 0.6) is 0 Å². The molecule has 0 aliphatic heterocycles. The molecule has 0 saturated carbocycles. The fourth-order valence-corrected chi connectivity index (χ4v) is 3.40. The van der Waals surface area contributed by atoms with Crippen LogP contribution in [0.3, 0.4) is 0 Å². The Hall–Kier alpha value is -2.84. The van der Waals surface area contributed by atoms with E-state index in [2.05, 4.69) is 10.3 Å². The number of hydrogen-bond acceptors (Lipinski definition) is 5. The Morgan fingerprint density at radius 1 is 1.31 bits per heavy atom. The number of thiazole rings is 1. The summed E-state index contributed by atoms with van der Waals surface area (Å²) in [6, 6.07) is 9.97. The minimum atomic E-state index is -0.763. The van der Waals surface area contributed by atoms with E-state index in [1.807, 2.05) is 6.07 Å². The molecule has 0 saturated heterocycles. The number of amides is 1. The number of aryl methyl sites for hydroxylation is 1. The van der Waals surface area contributed by atoms with Crippen LogP contribution < -0.4 is 5.32 Å². The van der Waals surface area contributed by atoms with Gasteiger partial charge in [-0.1, -0.05) is 23.7 Å². The predicted molar refractivity (Wildman–Crippen MR) is 98.3 cm³/mol. The first-order valence-corrected chi connectivity index (χ1v) is 8.53. The maximum atomic E-state index is 13.9. The monoisotopic (exact) mass is 391 g/mol. The Morgan fingerprint density at radius 2 is 2.08 bits per heavy atom. The van der Waals surface area contributed by atoms with Crippen LogP contribution in [-0.4, -0.2) is 15.8 Å². The van der Waals surface area contributed by atoms with Gasteiger partial charge in [-0.05, 0) is 25.1 Å². The molecular weight excluding hydrogens is 381 g/mol. The van der Waals surface area contributed by atoms with Gasteiger partial charge in [-0.25, -0.2) is 9.37 Å². The summed E-state index contributed by atoms with van der Waals surface area (Å²) in [6.45, 7) is 1.66. The summed E-state index contributed by atoms with van der Waals surface area (Å²) in [5, 5.41) is 14.3. The highest BCUT2D eigenvalue weighted by Gasteiger charge is 2.19. The van der Waals surface area contributed by atoms with Crippen LogP contribution in [0.15, 0.2) is 42.5 Å². The van der Waals surface area contributed by atoms with Crippen molar-refractivity contribution >= 4 is 40.2 Å². The van der Waals surface area contributed by atoms with Gasteiger partial charge in [-0.15, -0.1) is 11.3 Å². The minimum absolute atomic E-state index is 0.263. The van der Waals surface area contributed by atoms with Gasteiger partial charge in [0.2, 0.25) is 0 Å². The van der Waals surface area contributed by atoms with Gasteiger partial charge in [0, 0.05) is 22.7 Å². The van der Waals surface area contributed by atoms with E-state index < -0.39 is 16.6 Å². The Labute approximate surface area is 156 Å². The van der Waals surface area contributed by atoms with E-state index in [4.69, 9.17) is 11.6 Å². The van der Waals surface area contributed by atoms with Crippen molar-refractivity contribution in [2.45, 2.75) is 6.92 Å². The molecule has 0 spiro atoms. The Balaban J connectivity index is 1.90. The second-order valence-electron chi connectivity index (χ2n) is 5.32. The number of rotatable bonds is 4. The normalized spacial score (nSPS) is 10.6. The second kappa shape index (κ2) is 7.19. The number of aromatic nitrogens is 1. The third-order valence-electron chi connectivity index (χ3n) is 3.48. The largest absolute Gasteiger partial charge is 0.318 e. The van der Waals surface area contributed by atoms with Crippen molar-refractivity contribution in [3.05, 3.63) is 74.0 Å². The summed E-state index contributed by atoms with van der Waals surface area (Å²) >= 11 is 7.10. The second-order valence-corrected chi connectivity index (χ2v) is 6.75. The molecule has 0 fully saturated rings. The average molecular weight is 392 g/mol. The highest BCUT2D eigenvalue weighted by molar-refractivity contribution is 7.17. The Morgan fingerprint density at radius 3 is 2.77 bits per heavy atom. The summed E-state index contributed by atoms with van der Waals surface area (Å²) < 4.78 is 13.9. The summed E-state index contributed by atoms with van der Waals surface area (Å²) in [6.07, 6.45) is 0. The van der Waals surface area contributed by atoms with Crippen LogP contribution in [0, 0.1) is 22.9 Å². The first kappa shape index (κ1) is 18.0. The number of hydrogen-bond donors (Lipinski definition) is 1. The highest BCUT2D eigenvalue weighted by Crippen LogP contribution is 2.30. The summed E-state index contributed by atoms with van der Waals surface area (Å²) in [4.78, 5) is 27.3. The Bertz CT molecular complexity index is 1020. The van der Waals surface area contributed by atoms with E-state index in [1.165, 1.54) is 0 Å². The Kier molecular flexibility index (Phi) is 4.97. The molecule has 3 aromatic rings. The molecule has 2 aromatic carbocycles. The lowest BCUT2D eigenvalue weighted by Gasteiger charge is -2.05. The maximum Gasteiger partial charge on any atom is 0.271 e. The molecule has 0 unspecified atom stereocenters. The standard InChI is InChI=1S/C17H11ClFN3O3S/c1-9-15(26-17(20-9)10-3-2-4-11(18)7-10)16(23)21-14-8-12(22(24)25)5-6-13(14)19/h2-8H,1H3,(H,21,23). The van der Waals surface area contributed by atoms with Crippen molar-refractivity contribution in [3.8, 4) is 10.6 Å². The molecule has 26 heavy (non-hydrogen) atoms. The number of carbonyl (C=O) groups is 1. The van der Waals surface area contributed by atoms with Crippen molar-refractivity contribution in [1.82, 2.24) is 4.98 Å². The van der Waals surface area contributed by atoms with Crippen molar-refractivity contribution in [2.75, 3.05) is 5.32 Å². The van der Waals surface area contributed by atoms with Gasteiger partial charge in [0.05, 0.1) is 16.3 Å². The number of nitro benzene ring substituents is 1. The number of anilines is 1. The van der Waals surface area contributed by atoms with Gasteiger partial charge in [-0.3, -0.25) is 14.9 Å². The van der Waals surface area contributed by atoms with Gasteiger partial charge >= 0.3 is 0 Å². The molecule has 6 nitrogen and oxygen atoms in total. The SMILES string of the molecule is Cc1nc(-c2cccc(Cl)c2)sc1C(=O)Nc1cc([N+](=O)[O-])ccc1F. The lowest BCUT2D eigenvalue weighted by molar-refractivity contribution is -0.384. The zero-order chi connectivity index (χ0) is 18.8. The molecule has 1 aromatic heterocycles. The van der Waals surface area contributed by atoms with E-state index in [1.54, 1.807) is 25.1 Å². The lowest BCUT2D eigenvalue weighted by Crippen LogP contribution is -2.13. The quantitative estimate of drug-likeness (QED) is 0.497. The number of nitrogens with one attached hydrogen (secondary N) is 1. The molecule has 0 aliphatic carbocycles. The van der Waals surface area contributed by atoms with Gasteiger partial charge in [0.25, 0.3) is 11.6 Å². The molecule has 0 bridgehead atoms. The van der Waals surface area contributed by atoms with E-state index in [9.17, 15) is 19.3 Å². The number of nitro groups is 1. The van der Waals surface area contributed by atoms with E-state index >= 15 is 0 Å². The highest BCUT2D eigenvalue weighted by atomic mass is 35.5. The fraction of sp³-hybridized carbons (Fsp3) is 0.0588. The van der Waals surface area contributed by atoms with Gasteiger partial charge in [-0.2, -0.15) is 0 Å². The third-order valence-corrected chi connectivity index (χ3v) is 4.92. The molecule has 1 amide bonds. The van der Waals surface area contributed by atoms with Crippen LogP contribution >= 0.6 is 22.9 Å². The number of non-ortho nitro benzene ring substituents is 1. The smallest absolute Gasteiger partial charge is 0.271 e. The van der Waals surface area contributed by atoms with Crippen LogP contribution in [-0.2, 0) is 0 Å². The van der Waals surface area contributed by atoms with E-state index in [-0.39, 0.29) is 16.3 Å². The van der Waals surface area contributed by atoms with E-state index in [0.717, 1.165) is 35.1 Å². The van der Waals surface area contributed by atoms with Crippen molar-refractivity contribution in [1.29, 1.82) is 0 Å². The third kappa shape index (κ3) is 3.71. The molecule has 0 atom stereocenters. The number of benzene rings is 2. The van der Waals surface area contributed by atoms with Crippen LogP contribution in [0.1, 0.15) is 15.4 Å².